The highest BCUT2D eigenvalue weighted by atomic mass is 32.1. The van der Waals surface area contributed by atoms with Gasteiger partial charge in [0.2, 0.25) is 0 Å². The first-order chi connectivity index (χ1) is 16.9. The molecule has 1 amide bonds. The van der Waals surface area contributed by atoms with Crippen molar-refractivity contribution in [3.05, 3.63) is 89.0 Å². The van der Waals surface area contributed by atoms with Crippen molar-refractivity contribution in [3.8, 4) is 11.5 Å². The highest BCUT2D eigenvalue weighted by molar-refractivity contribution is 7.22. The largest absolute Gasteiger partial charge is 0.507 e. The van der Waals surface area contributed by atoms with Crippen LogP contribution in [-0.2, 0) is 9.59 Å². The number of aliphatic hydroxyl groups excluding tert-OH is 1. The minimum absolute atomic E-state index is 0.0147. The lowest BCUT2D eigenvalue weighted by atomic mass is 9.95. The maximum Gasteiger partial charge on any atom is 0.301 e. The maximum absolute atomic E-state index is 13.4. The number of aliphatic hydroxyl groups is 1. The summed E-state index contributed by atoms with van der Waals surface area (Å²) in [6, 6.07) is 18.8. The first-order valence-electron chi connectivity index (χ1n) is 10.9. The van der Waals surface area contributed by atoms with E-state index in [1.165, 1.54) is 16.2 Å². The molecule has 1 saturated heterocycles. The lowest BCUT2D eigenvalue weighted by Gasteiger charge is -2.23. The van der Waals surface area contributed by atoms with Gasteiger partial charge < -0.3 is 14.6 Å². The molecule has 1 fully saturated rings. The Kier molecular flexibility index (Phi) is 5.74. The molecule has 4 aromatic rings. The number of ether oxygens (including phenoxy) is 2. The van der Waals surface area contributed by atoms with E-state index < -0.39 is 17.7 Å². The molecule has 0 bridgehead atoms. The van der Waals surface area contributed by atoms with E-state index in [9.17, 15) is 14.7 Å². The number of anilines is 1. The van der Waals surface area contributed by atoms with E-state index in [-0.39, 0.29) is 11.3 Å². The van der Waals surface area contributed by atoms with Gasteiger partial charge in [0, 0.05) is 5.56 Å². The van der Waals surface area contributed by atoms with Gasteiger partial charge in [-0.25, -0.2) is 4.98 Å². The Morgan fingerprint density at radius 2 is 1.60 bits per heavy atom. The van der Waals surface area contributed by atoms with Crippen molar-refractivity contribution in [1.82, 2.24) is 4.98 Å². The van der Waals surface area contributed by atoms with Gasteiger partial charge >= 0.3 is 5.91 Å². The van der Waals surface area contributed by atoms with Crippen LogP contribution in [0.2, 0.25) is 0 Å². The van der Waals surface area contributed by atoms with Gasteiger partial charge in [0.25, 0.3) is 5.78 Å². The van der Waals surface area contributed by atoms with Crippen molar-refractivity contribution in [2.45, 2.75) is 13.0 Å². The summed E-state index contributed by atoms with van der Waals surface area (Å²) < 4.78 is 11.4. The van der Waals surface area contributed by atoms with Crippen LogP contribution < -0.4 is 14.4 Å². The third kappa shape index (κ3) is 3.91. The molecule has 1 aliphatic rings. The second-order valence-electron chi connectivity index (χ2n) is 8.14. The van der Waals surface area contributed by atoms with Gasteiger partial charge in [0.05, 0.1) is 36.1 Å². The third-order valence-electron chi connectivity index (χ3n) is 5.99. The summed E-state index contributed by atoms with van der Waals surface area (Å²) in [6.45, 7) is 1.93. The number of carbonyl (C=O) groups is 2. The Morgan fingerprint density at radius 3 is 2.26 bits per heavy atom. The van der Waals surface area contributed by atoms with Crippen LogP contribution in [-0.4, -0.2) is 36.0 Å². The fourth-order valence-electron chi connectivity index (χ4n) is 4.12. The van der Waals surface area contributed by atoms with Gasteiger partial charge in [-0.15, -0.1) is 0 Å². The Bertz CT molecular complexity index is 1470. The molecular weight excluding hydrogens is 464 g/mol. The van der Waals surface area contributed by atoms with Crippen molar-refractivity contribution in [1.29, 1.82) is 0 Å². The number of hydrogen-bond donors (Lipinski definition) is 1. The molecule has 1 atom stereocenters. The van der Waals surface area contributed by atoms with Crippen molar-refractivity contribution in [2.75, 3.05) is 19.1 Å². The smallest absolute Gasteiger partial charge is 0.301 e. The van der Waals surface area contributed by atoms with E-state index in [0.29, 0.717) is 33.3 Å². The predicted molar refractivity (Wildman–Crippen MR) is 135 cm³/mol. The number of thiazole rings is 1. The summed E-state index contributed by atoms with van der Waals surface area (Å²) in [6.07, 6.45) is 0. The molecule has 0 aliphatic carbocycles. The number of benzene rings is 3. The minimum atomic E-state index is -0.857. The third-order valence-corrected chi connectivity index (χ3v) is 7.01. The highest BCUT2D eigenvalue weighted by Gasteiger charge is 2.48. The molecular formula is C27H22N2O5S. The molecule has 1 N–H and O–H groups in total. The molecule has 0 radical (unpaired) electrons. The predicted octanol–water partition coefficient (Wildman–Crippen LogP) is 5.25. The van der Waals surface area contributed by atoms with E-state index in [0.717, 1.165) is 10.3 Å². The fourth-order valence-corrected chi connectivity index (χ4v) is 5.14. The number of carbonyl (C=O) groups excluding carboxylic acids is 2. The monoisotopic (exact) mass is 486 g/mol. The molecule has 0 unspecified atom stereocenters. The maximum atomic E-state index is 13.4. The van der Waals surface area contributed by atoms with E-state index in [1.54, 1.807) is 62.8 Å². The van der Waals surface area contributed by atoms with Gasteiger partial charge in [-0.05, 0) is 42.8 Å². The lowest BCUT2D eigenvalue weighted by Crippen LogP contribution is -2.29. The molecule has 1 aromatic heterocycles. The van der Waals surface area contributed by atoms with E-state index in [1.807, 2.05) is 25.1 Å². The van der Waals surface area contributed by atoms with Crippen molar-refractivity contribution in [2.24, 2.45) is 0 Å². The normalized spacial score (nSPS) is 17.2. The fraction of sp³-hybridized carbons (Fsp3) is 0.148. The van der Waals surface area contributed by atoms with Gasteiger partial charge in [-0.3, -0.25) is 14.5 Å². The van der Waals surface area contributed by atoms with Crippen LogP contribution in [0.4, 0.5) is 5.13 Å². The first-order valence-corrected chi connectivity index (χ1v) is 11.7. The van der Waals surface area contributed by atoms with Crippen LogP contribution in [0.3, 0.4) is 0 Å². The van der Waals surface area contributed by atoms with Crippen LogP contribution in [0.1, 0.15) is 22.7 Å². The van der Waals surface area contributed by atoms with Crippen molar-refractivity contribution >= 4 is 44.1 Å². The average molecular weight is 487 g/mol. The summed E-state index contributed by atoms with van der Waals surface area (Å²) in [5.41, 5.74) is 2.82. The van der Waals surface area contributed by atoms with Crippen LogP contribution >= 0.6 is 11.3 Å². The average Bonchev–Trinajstić information content (AvgIpc) is 3.41. The second kappa shape index (κ2) is 8.88. The van der Waals surface area contributed by atoms with Crippen LogP contribution in [0.5, 0.6) is 11.5 Å². The molecule has 0 spiro atoms. The molecule has 7 nitrogen and oxygen atoms in total. The number of methoxy groups -OCH3 is 2. The lowest BCUT2D eigenvalue weighted by molar-refractivity contribution is -0.132. The molecule has 0 saturated carbocycles. The summed E-state index contributed by atoms with van der Waals surface area (Å²) >= 11 is 1.28. The van der Waals surface area contributed by atoms with Gasteiger partial charge in [0.15, 0.2) is 5.13 Å². The number of hydrogen-bond acceptors (Lipinski definition) is 7. The zero-order valence-corrected chi connectivity index (χ0v) is 20.1. The van der Waals surface area contributed by atoms with Crippen molar-refractivity contribution < 1.29 is 24.2 Å². The second-order valence-corrected chi connectivity index (χ2v) is 9.15. The summed E-state index contributed by atoms with van der Waals surface area (Å²) in [5, 5.41) is 11.6. The number of amides is 1. The molecule has 1 aliphatic heterocycles. The Labute approximate surface area is 205 Å². The highest BCUT2D eigenvalue weighted by Crippen LogP contribution is 2.44. The summed E-state index contributed by atoms with van der Waals surface area (Å²) in [7, 11) is 3.14. The quantitative estimate of drug-likeness (QED) is 0.236. The van der Waals surface area contributed by atoms with Crippen molar-refractivity contribution in [3.63, 3.8) is 0 Å². The van der Waals surface area contributed by atoms with E-state index in [2.05, 4.69) is 4.98 Å². The first kappa shape index (κ1) is 22.6. The van der Waals surface area contributed by atoms with Gasteiger partial charge in [-0.1, -0.05) is 53.3 Å². The SMILES string of the molecule is COc1ccc([C@@H]2/C(=C(\O)c3ccc(C)cc3)C(=O)C(=O)N2c2nc3ccc(OC)cc3s2)cc1. The van der Waals surface area contributed by atoms with Crippen LogP contribution in [0.25, 0.3) is 16.0 Å². The van der Waals surface area contributed by atoms with Crippen LogP contribution in [0.15, 0.2) is 72.3 Å². The van der Waals surface area contributed by atoms with Crippen LogP contribution in [0, 0.1) is 6.92 Å². The molecule has 35 heavy (non-hydrogen) atoms. The molecule has 5 rings (SSSR count). The summed E-state index contributed by atoms with van der Waals surface area (Å²) in [4.78, 5) is 32.7. The number of rotatable bonds is 5. The number of aryl methyl sites for hydroxylation is 1. The number of nitrogens with zero attached hydrogens (tertiary/aromatic N) is 2. The van der Waals surface area contributed by atoms with E-state index >= 15 is 0 Å². The molecule has 176 valence electrons. The number of aromatic nitrogens is 1. The standard InChI is InChI=1S/C27H22N2O5S/c1-15-4-6-17(7-5-15)24(30)22-23(16-8-10-18(33-2)11-9-16)29(26(32)25(22)31)27-28-20-13-12-19(34-3)14-21(20)35-27/h4-14,23,30H,1-3H3/b24-22+/t23-/m1/s1. The Morgan fingerprint density at radius 1 is 0.943 bits per heavy atom. The van der Waals surface area contributed by atoms with Gasteiger partial charge in [-0.2, -0.15) is 0 Å². The zero-order valence-electron chi connectivity index (χ0n) is 19.3. The number of ketones is 1. The Hall–Kier alpha value is -4.17. The zero-order chi connectivity index (χ0) is 24.7. The topological polar surface area (TPSA) is 89.0 Å². The minimum Gasteiger partial charge on any atom is -0.507 e. The molecule has 2 heterocycles. The summed E-state index contributed by atoms with van der Waals surface area (Å²) in [5.74, 6) is -0.433. The molecule has 3 aromatic carbocycles. The Balaban J connectivity index is 1.70. The molecule has 8 heteroatoms. The number of Topliss-reactive ketones (excluding diaryl/α,β-unsaturated/α-hetero) is 1. The van der Waals surface area contributed by atoms with Gasteiger partial charge in [0.1, 0.15) is 17.3 Å². The number of fused-ring (bicyclic) bond motifs is 1. The van der Waals surface area contributed by atoms with E-state index in [4.69, 9.17) is 9.47 Å².